The maximum Gasteiger partial charge on any atom is 0.230 e. The molecule has 0 bridgehead atoms. The minimum atomic E-state index is -0.601. The van der Waals surface area contributed by atoms with Gasteiger partial charge in [0.1, 0.15) is 12.8 Å². The summed E-state index contributed by atoms with van der Waals surface area (Å²) >= 11 is 0. The first-order valence-corrected chi connectivity index (χ1v) is 6.10. The molecule has 10 nitrogen and oxygen atoms in total. The standard InChI is InChI=1S/C11H19N5O5/c1-7(17)13-5-14-10(20)4-11(21)16-6-15-9(19)3-8(18)12-2/h3-6H2,1-2H3,(H,12,18)(H,13,17)(H,14,20)(H,15,19)(H,16,21). The SMILES string of the molecule is CNC(=O)CC(=O)NCNC(=O)CC(=O)NCNC(C)=O. The van der Waals surface area contributed by atoms with Gasteiger partial charge in [-0.05, 0) is 0 Å². The molecular formula is C11H19N5O5. The fourth-order valence-corrected chi connectivity index (χ4v) is 1.08. The Balaban J connectivity index is 3.75. The Morgan fingerprint density at radius 3 is 1.43 bits per heavy atom. The Morgan fingerprint density at radius 1 is 0.667 bits per heavy atom. The van der Waals surface area contributed by atoms with Crippen LogP contribution in [0.1, 0.15) is 19.8 Å². The summed E-state index contributed by atoms with van der Waals surface area (Å²) in [5, 5.41) is 11.5. The second-order valence-corrected chi connectivity index (χ2v) is 3.91. The lowest BCUT2D eigenvalue weighted by molar-refractivity contribution is -0.129. The van der Waals surface area contributed by atoms with Gasteiger partial charge < -0.3 is 26.6 Å². The van der Waals surface area contributed by atoms with Crippen molar-refractivity contribution < 1.29 is 24.0 Å². The van der Waals surface area contributed by atoms with Crippen molar-refractivity contribution in [3.63, 3.8) is 0 Å². The molecule has 0 aromatic heterocycles. The third-order valence-electron chi connectivity index (χ3n) is 2.12. The average molecular weight is 301 g/mol. The summed E-state index contributed by atoms with van der Waals surface area (Å²) in [5.41, 5.74) is 0. The van der Waals surface area contributed by atoms with Gasteiger partial charge >= 0.3 is 0 Å². The summed E-state index contributed by atoms with van der Waals surface area (Å²) in [7, 11) is 1.40. The van der Waals surface area contributed by atoms with E-state index in [4.69, 9.17) is 0 Å². The van der Waals surface area contributed by atoms with Crippen LogP contribution in [0.25, 0.3) is 0 Å². The number of rotatable bonds is 8. The zero-order valence-electron chi connectivity index (χ0n) is 11.9. The lowest BCUT2D eigenvalue weighted by atomic mass is 10.3. The van der Waals surface area contributed by atoms with E-state index in [9.17, 15) is 24.0 Å². The molecule has 5 N–H and O–H groups in total. The van der Waals surface area contributed by atoms with Crippen molar-refractivity contribution in [3.05, 3.63) is 0 Å². The molecule has 0 aliphatic rings. The van der Waals surface area contributed by atoms with E-state index in [-0.39, 0.29) is 25.7 Å². The molecule has 0 aliphatic carbocycles. The van der Waals surface area contributed by atoms with Crippen LogP contribution >= 0.6 is 0 Å². The van der Waals surface area contributed by atoms with Crippen molar-refractivity contribution in [1.82, 2.24) is 26.6 Å². The van der Waals surface area contributed by atoms with Crippen LogP contribution < -0.4 is 26.6 Å². The molecule has 0 radical (unpaired) electrons. The number of carbonyl (C=O) groups is 5. The van der Waals surface area contributed by atoms with Gasteiger partial charge in [0.15, 0.2) is 0 Å². The predicted octanol–water partition coefficient (Wildman–Crippen LogP) is -3.09. The van der Waals surface area contributed by atoms with Crippen molar-refractivity contribution >= 4 is 29.5 Å². The van der Waals surface area contributed by atoms with Crippen molar-refractivity contribution in [1.29, 1.82) is 0 Å². The van der Waals surface area contributed by atoms with Crippen molar-refractivity contribution in [3.8, 4) is 0 Å². The fraction of sp³-hybridized carbons (Fsp3) is 0.545. The Hall–Kier alpha value is -2.65. The molecule has 0 atom stereocenters. The molecule has 0 fully saturated rings. The quantitative estimate of drug-likeness (QED) is 0.238. The predicted molar refractivity (Wildman–Crippen MR) is 71.3 cm³/mol. The number of amides is 5. The molecule has 0 saturated heterocycles. The molecule has 10 heteroatoms. The van der Waals surface area contributed by atoms with Gasteiger partial charge in [-0.15, -0.1) is 0 Å². The van der Waals surface area contributed by atoms with Gasteiger partial charge in [0, 0.05) is 14.0 Å². The largest absolute Gasteiger partial charge is 0.359 e. The Labute approximate surface area is 121 Å². The topological polar surface area (TPSA) is 146 Å². The van der Waals surface area contributed by atoms with Gasteiger partial charge in [0.2, 0.25) is 29.5 Å². The van der Waals surface area contributed by atoms with Crippen LogP contribution in [-0.2, 0) is 24.0 Å². The summed E-state index contributed by atoms with van der Waals surface area (Å²) in [4.78, 5) is 55.2. The smallest absolute Gasteiger partial charge is 0.230 e. The number of hydrogen-bond acceptors (Lipinski definition) is 5. The molecule has 0 aromatic carbocycles. The monoisotopic (exact) mass is 301 g/mol. The third kappa shape index (κ3) is 10.9. The Kier molecular flexibility index (Phi) is 8.89. The van der Waals surface area contributed by atoms with E-state index in [1.165, 1.54) is 14.0 Å². The summed E-state index contributed by atoms with van der Waals surface area (Å²) in [6.07, 6.45) is -0.783. The van der Waals surface area contributed by atoms with Gasteiger partial charge in [-0.1, -0.05) is 0 Å². The van der Waals surface area contributed by atoms with Crippen LogP contribution in [0.5, 0.6) is 0 Å². The Bertz CT molecular complexity index is 423. The van der Waals surface area contributed by atoms with E-state index in [1.807, 2.05) is 0 Å². The second-order valence-electron chi connectivity index (χ2n) is 3.91. The van der Waals surface area contributed by atoms with Crippen LogP contribution in [-0.4, -0.2) is 49.9 Å². The van der Waals surface area contributed by atoms with Crippen molar-refractivity contribution in [2.75, 3.05) is 20.4 Å². The first-order valence-electron chi connectivity index (χ1n) is 6.10. The molecule has 5 amide bonds. The highest BCUT2D eigenvalue weighted by atomic mass is 16.2. The molecule has 0 aromatic rings. The highest BCUT2D eigenvalue weighted by Gasteiger charge is 2.10. The second kappa shape index (κ2) is 10.2. The van der Waals surface area contributed by atoms with E-state index >= 15 is 0 Å². The highest BCUT2D eigenvalue weighted by molar-refractivity contribution is 5.98. The molecule has 0 aliphatic heterocycles. The molecule has 118 valence electrons. The zero-order valence-corrected chi connectivity index (χ0v) is 11.9. The molecule has 0 spiro atoms. The lowest BCUT2D eigenvalue weighted by Gasteiger charge is -2.08. The van der Waals surface area contributed by atoms with Crippen LogP contribution in [0.2, 0.25) is 0 Å². The van der Waals surface area contributed by atoms with E-state index in [2.05, 4.69) is 26.6 Å². The minimum absolute atomic E-state index is 0.0652. The average Bonchev–Trinajstić information content (AvgIpc) is 2.37. The van der Waals surface area contributed by atoms with E-state index in [0.717, 1.165) is 0 Å². The maximum absolute atomic E-state index is 11.3. The molecule has 0 unspecified atom stereocenters. The number of hydrogen-bond donors (Lipinski definition) is 5. The van der Waals surface area contributed by atoms with Gasteiger partial charge in [-0.25, -0.2) is 0 Å². The normalized spacial score (nSPS) is 9.24. The summed E-state index contributed by atoms with van der Waals surface area (Å²) in [6.45, 7) is 1.04. The fourth-order valence-electron chi connectivity index (χ4n) is 1.08. The summed E-state index contributed by atoms with van der Waals surface area (Å²) in [5.74, 6) is -2.48. The van der Waals surface area contributed by atoms with Gasteiger partial charge in [0.05, 0.1) is 13.3 Å². The van der Waals surface area contributed by atoms with Crippen LogP contribution in [0.4, 0.5) is 0 Å². The first-order chi connectivity index (χ1) is 9.85. The zero-order chi connectivity index (χ0) is 16.3. The van der Waals surface area contributed by atoms with E-state index in [1.54, 1.807) is 0 Å². The first kappa shape index (κ1) is 18.4. The van der Waals surface area contributed by atoms with Gasteiger partial charge in [-0.2, -0.15) is 0 Å². The minimum Gasteiger partial charge on any atom is -0.359 e. The lowest BCUT2D eigenvalue weighted by Crippen LogP contribution is -2.42. The Morgan fingerprint density at radius 2 is 1.05 bits per heavy atom. The van der Waals surface area contributed by atoms with Crippen LogP contribution in [0.3, 0.4) is 0 Å². The maximum atomic E-state index is 11.3. The van der Waals surface area contributed by atoms with Gasteiger partial charge in [0.25, 0.3) is 0 Å². The van der Waals surface area contributed by atoms with E-state index in [0.29, 0.717) is 0 Å². The molecule has 21 heavy (non-hydrogen) atoms. The van der Waals surface area contributed by atoms with Crippen LogP contribution in [0.15, 0.2) is 0 Å². The summed E-state index contributed by atoms with van der Waals surface area (Å²) in [6, 6.07) is 0. The highest BCUT2D eigenvalue weighted by Crippen LogP contribution is 1.81. The van der Waals surface area contributed by atoms with Crippen molar-refractivity contribution in [2.24, 2.45) is 0 Å². The van der Waals surface area contributed by atoms with E-state index < -0.39 is 30.0 Å². The molecular weight excluding hydrogens is 282 g/mol. The number of carbonyl (C=O) groups excluding carboxylic acids is 5. The summed E-state index contributed by atoms with van der Waals surface area (Å²) < 4.78 is 0. The van der Waals surface area contributed by atoms with Crippen LogP contribution in [0, 0.1) is 0 Å². The molecule has 0 heterocycles. The number of nitrogens with one attached hydrogen (secondary N) is 5. The molecule has 0 rings (SSSR count). The van der Waals surface area contributed by atoms with Crippen molar-refractivity contribution in [2.45, 2.75) is 19.8 Å². The molecule has 0 saturated carbocycles. The third-order valence-corrected chi connectivity index (χ3v) is 2.12. The van der Waals surface area contributed by atoms with Gasteiger partial charge in [-0.3, -0.25) is 24.0 Å².